The molecule has 0 aromatic heterocycles. The summed E-state index contributed by atoms with van der Waals surface area (Å²) in [4.78, 5) is 27.1. The highest BCUT2D eigenvalue weighted by Gasteiger charge is 2.24. The Morgan fingerprint density at radius 1 is 1.30 bits per heavy atom. The number of halogens is 1. The van der Waals surface area contributed by atoms with Crippen molar-refractivity contribution < 1.29 is 28.9 Å². The molecule has 7 nitrogen and oxygen atoms in total. The second-order valence-electron chi connectivity index (χ2n) is 5.42. The molecule has 0 saturated heterocycles. The molecule has 2 aromatic carbocycles. The molecule has 1 aliphatic rings. The van der Waals surface area contributed by atoms with Crippen molar-refractivity contribution in [1.82, 2.24) is 0 Å². The Morgan fingerprint density at radius 3 is 2.70 bits per heavy atom. The average molecular weight is 479 g/mol. The molecular weight excluding hydrogens is 465 g/mol. The van der Waals surface area contributed by atoms with Gasteiger partial charge in [0, 0.05) is 5.56 Å². The van der Waals surface area contributed by atoms with Crippen LogP contribution >= 0.6 is 22.6 Å². The van der Waals surface area contributed by atoms with Crippen molar-refractivity contribution in [3.8, 4) is 11.5 Å². The largest absolute Gasteiger partial charge is 0.493 e. The maximum atomic E-state index is 12.1. The zero-order valence-electron chi connectivity index (χ0n) is 14.1. The molecule has 0 unspecified atom stereocenters. The molecule has 1 N–H and O–H groups in total. The number of nitrogens with zero attached hydrogens (tertiary/aromatic N) is 1. The molecule has 0 fully saturated rings. The SMILES string of the molecule is COc1cc(C=C2N=C(c3ccccc3)OC2=O)cc(I)c1OCC(=O)O. The summed E-state index contributed by atoms with van der Waals surface area (Å²) in [7, 11) is 1.45. The topological polar surface area (TPSA) is 94.4 Å². The maximum Gasteiger partial charge on any atom is 0.363 e. The van der Waals surface area contributed by atoms with Gasteiger partial charge in [-0.1, -0.05) is 18.2 Å². The van der Waals surface area contributed by atoms with Gasteiger partial charge in [-0.2, -0.15) is 0 Å². The van der Waals surface area contributed by atoms with E-state index in [0.29, 0.717) is 26.2 Å². The zero-order valence-corrected chi connectivity index (χ0v) is 16.3. The molecule has 0 radical (unpaired) electrons. The molecule has 0 bridgehead atoms. The Bertz CT molecular complexity index is 952. The van der Waals surface area contributed by atoms with E-state index in [1.165, 1.54) is 7.11 Å². The number of carboxylic acids is 1. The lowest BCUT2D eigenvalue weighted by Crippen LogP contribution is -2.11. The first kappa shape index (κ1) is 18.9. The molecule has 1 heterocycles. The summed E-state index contributed by atoms with van der Waals surface area (Å²) in [6.07, 6.45) is 1.57. The van der Waals surface area contributed by atoms with Crippen LogP contribution < -0.4 is 9.47 Å². The van der Waals surface area contributed by atoms with Crippen molar-refractivity contribution in [1.29, 1.82) is 0 Å². The molecule has 0 spiro atoms. The predicted octanol–water partition coefficient (Wildman–Crippen LogP) is 3.11. The van der Waals surface area contributed by atoms with E-state index in [1.807, 2.05) is 40.8 Å². The third-order valence-electron chi connectivity index (χ3n) is 3.54. The lowest BCUT2D eigenvalue weighted by molar-refractivity contribution is -0.139. The summed E-state index contributed by atoms with van der Waals surface area (Å²) in [5.74, 6) is -0.710. The lowest BCUT2D eigenvalue weighted by Gasteiger charge is -2.12. The summed E-state index contributed by atoms with van der Waals surface area (Å²) in [5.41, 5.74) is 1.51. The van der Waals surface area contributed by atoms with E-state index in [0.717, 1.165) is 0 Å². The molecule has 0 atom stereocenters. The van der Waals surface area contributed by atoms with E-state index in [9.17, 15) is 9.59 Å². The molecule has 0 saturated carbocycles. The smallest absolute Gasteiger partial charge is 0.363 e. The number of ether oxygens (including phenoxy) is 3. The third kappa shape index (κ3) is 4.45. The Kier molecular flexibility index (Phi) is 5.75. The number of esters is 1. The van der Waals surface area contributed by atoms with Gasteiger partial charge in [-0.3, -0.25) is 0 Å². The Morgan fingerprint density at radius 2 is 2.04 bits per heavy atom. The molecule has 3 rings (SSSR count). The van der Waals surface area contributed by atoms with E-state index in [2.05, 4.69) is 4.99 Å². The Labute approximate surface area is 168 Å². The molecule has 138 valence electrons. The average Bonchev–Trinajstić information content (AvgIpc) is 3.01. The van der Waals surface area contributed by atoms with Gasteiger partial charge in [0.25, 0.3) is 0 Å². The fraction of sp³-hybridized carbons (Fsp3) is 0.105. The Hall–Kier alpha value is -2.88. The fourth-order valence-corrected chi connectivity index (χ4v) is 3.15. The van der Waals surface area contributed by atoms with Crippen LogP contribution in [0.3, 0.4) is 0 Å². The van der Waals surface area contributed by atoms with Crippen LogP contribution in [-0.2, 0) is 14.3 Å². The highest BCUT2D eigenvalue weighted by molar-refractivity contribution is 14.1. The molecule has 27 heavy (non-hydrogen) atoms. The molecule has 0 amide bonds. The van der Waals surface area contributed by atoms with Crippen LogP contribution in [0, 0.1) is 3.57 Å². The number of hydrogen-bond donors (Lipinski definition) is 1. The van der Waals surface area contributed by atoms with Gasteiger partial charge < -0.3 is 19.3 Å². The molecular formula is C19H14INO6. The van der Waals surface area contributed by atoms with Crippen molar-refractivity contribution >= 4 is 46.5 Å². The first-order valence-corrected chi connectivity index (χ1v) is 8.86. The van der Waals surface area contributed by atoms with E-state index in [-0.39, 0.29) is 11.6 Å². The van der Waals surface area contributed by atoms with Crippen molar-refractivity contribution in [3.63, 3.8) is 0 Å². The van der Waals surface area contributed by atoms with E-state index < -0.39 is 18.5 Å². The third-order valence-corrected chi connectivity index (χ3v) is 4.34. The van der Waals surface area contributed by atoms with Crippen molar-refractivity contribution in [2.45, 2.75) is 0 Å². The number of carboxylic acid groups (broad SMARTS) is 1. The van der Waals surface area contributed by atoms with Crippen molar-refractivity contribution in [2.24, 2.45) is 4.99 Å². The molecule has 0 aliphatic carbocycles. The number of aliphatic carboxylic acids is 1. The van der Waals surface area contributed by atoms with Crippen LogP contribution in [0.4, 0.5) is 0 Å². The normalized spacial score (nSPS) is 14.7. The second-order valence-corrected chi connectivity index (χ2v) is 6.58. The summed E-state index contributed by atoms with van der Waals surface area (Å²) >= 11 is 2.01. The van der Waals surface area contributed by atoms with Gasteiger partial charge in [0.1, 0.15) is 0 Å². The summed E-state index contributed by atoms with van der Waals surface area (Å²) in [6.45, 7) is -0.482. The van der Waals surface area contributed by atoms with Gasteiger partial charge >= 0.3 is 11.9 Å². The monoisotopic (exact) mass is 479 g/mol. The molecule has 1 aliphatic heterocycles. The van der Waals surface area contributed by atoms with Crippen LogP contribution in [0.2, 0.25) is 0 Å². The highest BCUT2D eigenvalue weighted by atomic mass is 127. The van der Waals surface area contributed by atoms with Crippen LogP contribution in [0.25, 0.3) is 6.08 Å². The first-order chi connectivity index (χ1) is 13.0. The summed E-state index contributed by atoms with van der Waals surface area (Å²) in [5, 5.41) is 8.78. The van der Waals surface area contributed by atoms with E-state index >= 15 is 0 Å². The standard InChI is InChI=1S/C19H14INO6/c1-25-15-9-11(7-13(20)17(15)26-10-16(22)23)8-14-19(24)27-18(21-14)12-5-3-2-4-6-12/h2-9H,10H2,1H3,(H,22,23). The van der Waals surface area contributed by atoms with Crippen LogP contribution in [-0.4, -0.2) is 36.7 Å². The second kappa shape index (κ2) is 8.21. The quantitative estimate of drug-likeness (QED) is 0.389. The minimum absolute atomic E-state index is 0.158. The minimum Gasteiger partial charge on any atom is -0.493 e. The first-order valence-electron chi connectivity index (χ1n) is 7.78. The van der Waals surface area contributed by atoms with Crippen LogP contribution in [0.15, 0.2) is 53.2 Å². The van der Waals surface area contributed by atoms with Crippen molar-refractivity contribution in [2.75, 3.05) is 13.7 Å². The maximum absolute atomic E-state index is 12.1. The molecule has 8 heteroatoms. The van der Waals surface area contributed by atoms with Gasteiger partial charge in [0.05, 0.1) is 10.7 Å². The lowest BCUT2D eigenvalue weighted by atomic mass is 10.1. The van der Waals surface area contributed by atoms with Gasteiger partial charge in [0.2, 0.25) is 5.90 Å². The number of carbonyl (C=O) groups is 2. The van der Waals surface area contributed by atoms with Crippen molar-refractivity contribution in [3.05, 3.63) is 62.9 Å². The van der Waals surface area contributed by atoms with Gasteiger partial charge in [0.15, 0.2) is 23.8 Å². The number of carbonyl (C=O) groups excluding carboxylic acids is 1. The predicted molar refractivity (Wildman–Crippen MR) is 106 cm³/mol. The number of cyclic esters (lactones) is 1. The summed E-state index contributed by atoms with van der Waals surface area (Å²) < 4.78 is 16.4. The van der Waals surface area contributed by atoms with Gasteiger partial charge in [-0.15, -0.1) is 0 Å². The number of methoxy groups -OCH3 is 1. The van der Waals surface area contributed by atoms with Gasteiger partial charge in [-0.05, 0) is 58.5 Å². The molecule has 2 aromatic rings. The van der Waals surface area contributed by atoms with Crippen LogP contribution in [0.1, 0.15) is 11.1 Å². The number of rotatable bonds is 6. The number of aliphatic imine (C=N–C) groups is 1. The number of benzene rings is 2. The Balaban J connectivity index is 1.92. The summed E-state index contributed by atoms with van der Waals surface area (Å²) in [6, 6.07) is 12.5. The highest BCUT2D eigenvalue weighted by Crippen LogP contribution is 2.35. The number of hydrogen-bond acceptors (Lipinski definition) is 6. The van der Waals surface area contributed by atoms with E-state index in [4.69, 9.17) is 19.3 Å². The van der Waals surface area contributed by atoms with Crippen LogP contribution in [0.5, 0.6) is 11.5 Å². The minimum atomic E-state index is -1.09. The van der Waals surface area contributed by atoms with Gasteiger partial charge in [-0.25, -0.2) is 14.6 Å². The van der Waals surface area contributed by atoms with E-state index in [1.54, 1.807) is 30.3 Å². The fourth-order valence-electron chi connectivity index (χ4n) is 2.37. The zero-order chi connectivity index (χ0) is 19.4.